The molecule has 5 heteroatoms. The van der Waals surface area contributed by atoms with Crippen LogP contribution >= 0.6 is 11.6 Å². The van der Waals surface area contributed by atoms with Crippen LogP contribution in [-0.2, 0) is 20.7 Å². The summed E-state index contributed by atoms with van der Waals surface area (Å²) >= 11 is 6.09. The Morgan fingerprint density at radius 3 is 2.48 bits per heavy atom. The molecule has 0 heterocycles. The summed E-state index contributed by atoms with van der Waals surface area (Å²) in [4.78, 5) is 12.3. The van der Waals surface area contributed by atoms with Crippen molar-refractivity contribution < 1.29 is 19.7 Å². The molecular weight excluding hydrogens is 316 g/mol. The molecule has 2 aromatic rings. The molecule has 3 aliphatic rings. The van der Waals surface area contributed by atoms with Crippen molar-refractivity contribution in [3.63, 3.8) is 0 Å². The highest BCUT2D eigenvalue weighted by atomic mass is 35.5. The standard InChI is InChI=1S/C18H15ClO4/c1-23-16(20)15-9-17(21)11-4-2-3-5-12(11)18(15,22)13-7-6-10(19)8-14(13)17/h2-8,15,21-22H,9H2,1H3. The molecule has 0 saturated heterocycles. The lowest BCUT2D eigenvalue weighted by molar-refractivity contribution is -0.163. The van der Waals surface area contributed by atoms with Crippen molar-refractivity contribution >= 4 is 17.6 Å². The summed E-state index contributed by atoms with van der Waals surface area (Å²) in [7, 11) is 1.28. The maximum atomic E-state index is 12.3. The van der Waals surface area contributed by atoms with Gasteiger partial charge in [-0.15, -0.1) is 0 Å². The molecular formula is C18H15ClO4. The second kappa shape index (κ2) is 4.57. The van der Waals surface area contributed by atoms with Crippen molar-refractivity contribution in [2.75, 3.05) is 7.11 Å². The largest absolute Gasteiger partial charge is 0.469 e. The Morgan fingerprint density at radius 1 is 1.13 bits per heavy atom. The lowest BCUT2D eigenvalue weighted by Gasteiger charge is -2.53. The number of rotatable bonds is 1. The van der Waals surface area contributed by atoms with Crippen LogP contribution in [-0.4, -0.2) is 23.3 Å². The van der Waals surface area contributed by atoms with E-state index >= 15 is 0 Å². The van der Waals surface area contributed by atoms with E-state index in [9.17, 15) is 15.0 Å². The summed E-state index contributed by atoms with van der Waals surface area (Å²) in [5, 5.41) is 23.4. The first-order chi connectivity index (χ1) is 10.9. The fourth-order valence-corrected chi connectivity index (χ4v) is 4.26. The minimum absolute atomic E-state index is 0.0561. The topological polar surface area (TPSA) is 66.8 Å². The number of halogens is 1. The molecule has 0 radical (unpaired) electrons. The summed E-state index contributed by atoms with van der Waals surface area (Å²) in [5.41, 5.74) is -0.707. The molecule has 3 unspecified atom stereocenters. The zero-order valence-corrected chi connectivity index (χ0v) is 13.2. The van der Waals surface area contributed by atoms with E-state index < -0.39 is 23.1 Å². The average Bonchev–Trinajstić information content (AvgIpc) is 2.56. The minimum Gasteiger partial charge on any atom is -0.469 e. The van der Waals surface area contributed by atoms with Gasteiger partial charge in [0.25, 0.3) is 0 Å². The first-order valence-electron chi connectivity index (χ1n) is 7.36. The summed E-state index contributed by atoms with van der Waals surface area (Å²) in [6, 6.07) is 12.1. The van der Waals surface area contributed by atoms with Gasteiger partial charge in [0, 0.05) is 11.4 Å². The summed E-state index contributed by atoms with van der Waals surface area (Å²) < 4.78 is 4.87. The van der Waals surface area contributed by atoms with Crippen molar-refractivity contribution in [3.8, 4) is 0 Å². The highest BCUT2D eigenvalue weighted by Crippen LogP contribution is 2.60. The van der Waals surface area contributed by atoms with Gasteiger partial charge >= 0.3 is 5.97 Å². The van der Waals surface area contributed by atoms with Gasteiger partial charge in [0.05, 0.1) is 13.0 Å². The van der Waals surface area contributed by atoms with Crippen molar-refractivity contribution in [2.45, 2.75) is 17.6 Å². The number of benzene rings is 2. The number of carbonyl (C=O) groups is 1. The smallest absolute Gasteiger partial charge is 0.312 e. The van der Waals surface area contributed by atoms with Crippen LogP contribution in [0, 0.1) is 5.92 Å². The van der Waals surface area contributed by atoms with E-state index in [0.717, 1.165) is 0 Å². The van der Waals surface area contributed by atoms with Crippen LogP contribution < -0.4 is 0 Å². The molecule has 118 valence electrons. The maximum absolute atomic E-state index is 12.3. The van der Waals surface area contributed by atoms with Gasteiger partial charge in [0.15, 0.2) is 0 Å². The quantitative estimate of drug-likeness (QED) is 0.788. The normalized spacial score (nSPS) is 30.5. The van der Waals surface area contributed by atoms with Crippen LogP contribution in [0.3, 0.4) is 0 Å². The number of hydrogen-bond acceptors (Lipinski definition) is 4. The Hall–Kier alpha value is -1.88. The number of ether oxygens (including phenoxy) is 1. The first-order valence-corrected chi connectivity index (χ1v) is 7.74. The van der Waals surface area contributed by atoms with Crippen LogP contribution in [0.4, 0.5) is 0 Å². The predicted octanol–water partition coefficient (Wildman–Crippen LogP) is 2.32. The molecule has 0 fully saturated rings. The Bertz CT molecular complexity index is 834. The molecule has 3 atom stereocenters. The number of methoxy groups -OCH3 is 1. The average molecular weight is 331 g/mol. The van der Waals surface area contributed by atoms with Crippen molar-refractivity contribution in [3.05, 3.63) is 69.7 Å². The summed E-state index contributed by atoms with van der Waals surface area (Å²) in [6.07, 6.45) is 0.0561. The minimum atomic E-state index is -1.53. The lowest BCUT2D eigenvalue weighted by Crippen LogP contribution is -2.57. The highest BCUT2D eigenvalue weighted by Gasteiger charge is 2.62. The number of fused-ring (bicyclic) bond motifs is 1. The maximum Gasteiger partial charge on any atom is 0.312 e. The van der Waals surface area contributed by atoms with Gasteiger partial charge in [0.2, 0.25) is 0 Å². The van der Waals surface area contributed by atoms with Crippen LogP contribution in [0.5, 0.6) is 0 Å². The summed E-state index contributed by atoms with van der Waals surface area (Å²) in [6.45, 7) is 0. The van der Waals surface area contributed by atoms with Crippen LogP contribution in [0.2, 0.25) is 5.02 Å². The molecule has 5 rings (SSSR count). The van der Waals surface area contributed by atoms with Crippen LogP contribution in [0.15, 0.2) is 42.5 Å². The van der Waals surface area contributed by atoms with Gasteiger partial charge in [-0.05, 0) is 34.4 Å². The highest BCUT2D eigenvalue weighted by molar-refractivity contribution is 6.30. The Labute approximate surface area is 138 Å². The Kier molecular flexibility index (Phi) is 2.92. The molecule has 0 saturated carbocycles. The van der Waals surface area contributed by atoms with Gasteiger partial charge < -0.3 is 14.9 Å². The third kappa shape index (κ3) is 1.66. The third-order valence-electron chi connectivity index (χ3n) is 5.11. The first kappa shape index (κ1) is 14.7. The van der Waals surface area contributed by atoms with Crippen LogP contribution in [0.25, 0.3) is 0 Å². The Morgan fingerprint density at radius 2 is 1.78 bits per heavy atom. The van der Waals surface area contributed by atoms with Crippen molar-refractivity contribution in [1.29, 1.82) is 0 Å². The van der Waals surface area contributed by atoms with E-state index in [2.05, 4.69) is 0 Å². The van der Waals surface area contributed by atoms with Crippen molar-refractivity contribution in [1.82, 2.24) is 0 Å². The molecule has 2 N–H and O–H groups in total. The second-order valence-electron chi connectivity index (χ2n) is 6.14. The van der Waals surface area contributed by atoms with E-state index in [1.807, 2.05) is 0 Å². The predicted molar refractivity (Wildman–Crippen MR) is 84.0 cm³/mol. The molecule has 23 heavy (non-hydrogen) atoms. The van der Waals surface area contributed by atoms with E-state index in [-0.39, 0.29) is 6.42 Å². The van der Waals surface area contributed by atoms with Gasteiger partial charge in [-0.25, -0.2) is 0 Å². The molecule has 0 aromatic heterocycles. The fourth-order valence-electron chi connectivity index (χ4n) is 4.09. The molecule has 0 amide bonds. The number of aliphatic hydroxyl groups is 2. The molecule has 0 aliphatic heterocycles. The van der Waals surface area contributed by atoms with E-state index in [4.69, 9.17) is 16.3 Å². The molecule has 4 nitrogen and oxygen atoms in total. The van der Waals surface area contributed by atoms with Gasteiger partial charge in [-0.1, -0.05) is 41.9 Å². The zero-order chi connectivity index (χ0) is 16.4. The SMILES string of the molecule is COC(=O)C1CC2(O)c3ccccc3C1(O)c1ccc(Cl)cc12. The second-order valence-corrected chi connectivity index (χ2v) is 6.58. The monoisotopic (exact) mass is 330 g/mol. The number of hydrogen-bond donors (Lipinski definition) is 2. The lowest BCUT2D eigenvalue weighted by atomic mass is 9.54. The van der Waals surface area contributed by atoms with Gasteiger partial charge in [0.1, 0.15) is 11.2 Å². The van der Waals surface area contributed by atoms with Crippen molar-refractivity contribution in [2.24, 2.45) is 5.92 Å². The molecule has 2 aromatic carbocycles. The zero-order valence-electron chi connectivity index (χ0n) is 12.4. The van der Waals surface area contributed by atoms with Gasteiger partial charge in [-0.3, -0.25) is 4.79 Å². The molecule has 2 bridgehead atoms. The fraction of sp³-hybridized carbons (Fsp3) is 0.278. The van der Waals surface area contributed by atoms with E-state index in [1.165, 1.54) is 7.11 Å². The molecule has 3 aliphatic carbocycles. The number of carbonyl (C=O) groups excluding carboxylic acids is 1. The number of esters is 1. The molecule has 0 spiro atoms. The van der Waals surface area contributed by atoms with Crippen LogP contribution in [0.1, 0.15) is 28.7 Å². The summed E-state index contributed by atoms with van der Waals surface area (Å²) in [5.74, 6) is -1.41. The van der Waals surface area contributed by atoms with E-state index in [1.54, 1.807) is 42.5 Å². The third-order valence-corrected chi connectivity index (χ3v) is 5.35. The van der Waals surface area contributed by atoms with E-state index in [0.29, 0.717) is 27.3 Å². The van der Waals surface area contributed by atoms with Gasteiger partial charge in [-0.2, -0.15) is 0 Å². The Balaban J connectivity index is 2.10.